The molecular formula is C14H17N2. The highest BCUT2D eigenvalue weighted by Gasteiger charge is 2.13. The van der Waals surface area contributed by atoms with Gasteiger partial charge in [-0.15, -0.1) is 0 Å². The van der Waals surface area contributed by atoms with E-state index in [2.05, 4.69) is 50.1 Å². The van der Waals surface area contributed by atoms with Crippen molar-refractivity contribution in [2.45, 2.75) is 32.7 Å². The highest BCUT2D eigenvalue weighted by Crippen LogP contribution is 2.21. The Labute approximate surface area is 96.9 Å². The van der Waals surface area contributed by atoms with Crippen LogP contribution in [0, 0.1) is 6.07 Å². The van der Waals surface area contributed by atoms with Crippen LogP contribution in [0.3, 0.4) is 0 Å². The minimum atomic E-state index is 0.171. The van der Waals surface area contributed by atoms with Gasteiger partial charge in [0.2, 0.25) is 0 Å². The molecule has 1 aromatic heterocycles. The first-order valence-electron chi connectivity index (χ1n) is 5.54. The summed E-state index contributed by atoms with van der Waals surface area (Å²) in [5, 5.41) is 4.19. The van der Waals surface area contributed by atoms with Crippen LogP contribution < -0.4 is 0 Å². The van der Waals surface area contributed by atoms with Crippen LogP contribution in [0.5, 0.6) is 0 Å². The lowest BCUT2D eigenvalue weighted by Gasteiger charge is -2.18. The van der Waals surface area contributed by atoms with E-state index in [1.807, 2.05) is 16.9 Å². The number of hydrogen-bond donors (Lipinski definition) is 0. The van der Waals surface area contributed by atoms with Gasteiger partial charge in [-0.2, -0.15) is 5.10 Å². The second-order valence-corrected chi connectivity index (χ2v) is 5.06. The maximum absolute atomic E-state index is 4.19. The monoisotopic (exact) mass is 213 g/mol. The Balaban J connectivity index is 2.14. The maximum atomic E-state index is 4.19. The summed E-state index contributed by atoms with van der Waals surface area (Å²) in [4.78, 5) is 0. The van der Waals surface area contributed by atoms with Gasteiger partial charge in [0.25, 0.3) is 0 Å². The number of aromatic nitrogens is 2. The molecule has 0 N–H and O–H groups in total. The summed E-state index contributed by atoms with van der Waals surface area (Å²) in [5.41, 5.74) is 2.65. The Morgan fingerprint density at radius 1 is 1.31 bits per heavy atom. The van der Waals surface area contributed by atoms with Crippen molar-refractivity contribution >= 4 is 0 Å². The fraction of sp³-hybridized carbons (Fsp3) is 0.357. The Bertz CT molecular complexity index is 433. The number of hydrogen-bond acceptors (Lipinski definition) is 1. The maximum Gasteiger partial charge on any atom is 0.0659 e. The molecule has 0 spiro atoms. The molecule has 0 amide bonds. The molecule has 0 saturated heterocycles. The molecule has 16 heavy (non-hydrogen) atoms. The van der Waals surface area contributed by atoms with Crippen LogP contribution in [0.4, 0.5) is 0 Å². The van der Waals surface area contributed by atoms with Gasteiger partial charge in [-0.1, -0.05) is 32.9 Å². The third-order valence-corrected chi connectivity index (χ3v) is 2.59. The van der Waals surface area contributed by atoms with Crippen LogP contribution in [-0.4, -0.2) is 9.78 Å². The van der Waals surface area contributed by atoms with Crippen molar-refractivity contribution < 1.29 is 0 Å². The second kappa shape index (κ2) is 4.12. The van der Waals surface area contributed by atoms with Crippen molar-refractivity contribution in [1.29, 1.82) is 0 Å². The lowest BCUT2D eigenvalue weighted by atomic mass is 9.87. The van der Waals surface area contributed by atoms with Crippen LogP contribution in [0.1, 0.15) is 31.9 Å². The minimum Gasteiger partial charge on any atom is -0.268 e. The molecule has 0 unspecified atom stereocenters. The summed E-state index contributed by atoms with van der Waals surface area (Å²) >= 11 is 0. The molecule has 1 heterocycles. The van der Waals surface area contributed by atoms with Gasteiger partial charge in [0.05, 0.1) is 6.54 Å². The van der Waals surface area contributed by atoms with Gasteiger partial charge in [0.15, 0.2) is 0 Å². The van der Waals surface area contributed by atoms with E-state index in [1.54, 1.807) is 6.20 Å². The molecule has 2 aromatic rings. The first-order valence-corrected chi connectivity index (χ1v) is 5.54. The molecule has 1 aromatic carbocycles. The molecular weight excluding hydrogens is 196 g/mol. The molecule has 1 radical (unpaired) electrons. The van der Waals surface area contributed by atoms with Gasteiger partial charge in [0, 0.05) is 12.4 Å². The summed E-state index contributed by atoms with van der Waals surface area (Å²) in [6, 6.07) is 11.6. The smallest absolute Gasteiger partial charge is 0.0659 e. The average molecular weight is 213 g/mol. The van der Waals surface area contributed by atoms with E-state index in [0.717, 1.165) is 6.54 Å². The molecule has 0 bridgehead atoms. The Morgan fingerprint density at radius 2 is 2.12 bits per heavy atom. The van der Waals surface area contributed by atoms with E-state index >= 15 is 0 Å². The van der Waals surface area contributed by atoms with Crippen molar-refractivity contribution in [3.63, 3.8) is 0 Å². The Hall–Kier alpha value is -1.57. The fourth-order valence-corrected chi connectivity index (χ4v) is 1.60. The fourth-order valence-electron chi connectivity index (χ4n) is 1.60. The standard InChI is InChI=1S/C14H17N2/c1-14(2,3)13-7-5-12(6-8-13)11-16-10-4-9-15-16/h4-7,9-10H,11H2,1-3H3. The van der Waals surface area contributed by atoms with Crippen LogP contribution >= 0.6 is 0 Å². The van der Waals surface area contributed by atoms with Gasteiger partial charge in [-0.3, -0.25) is 4.68 Å². The molecule has 2 heteroatoms. The van der Waals surface area contributed by atoms with E-state index in [1.165, 1.54) is 11.1 Å². The Kier molecular flexibility index (Phi) is 2.82. The predicted molar refractivity (Wildman–Crippen MR) is 65.3 cm³/mol. The van der Waals surface area contributed by atoms with Crippen molar-refractivity contribution in [3.05, 3.63) is 53.9 Å². The van der Waals surface area contributed by atoms with Crippen LogP contribution in [0.25, 0.3) is 0 Å². The Morgan fingerprint density at radius 3 is 2.62 bits per heavy atom. The molecule has 2 nitrogen and oxygen atoms in total. The highest BCUT2D eigenvalue weighted by molar-refractivity contribution is 5.26. The lowest BCUT2D eigenvalue weighted by molar-refractivity contribution is 0.588. The summed E-state index contributed by atoms with van der Waals surface area (Å²) in [6.45, 7) is 7.41. The van der Waals surface area contributed by atoms with Crippen LogP contribution in [0.15, 0.2) is 36.7 Å². The summed E-state index contributed by atoms with van der Waals surface area (Å²) in [7, 11) is 0. The average Bonchev–Trinajstić information content (AvgIpc) is 2.70. The van der Waals surface area contributed by atoms with E-state index < -0.39 is 0 Å². The van der Waals surface area contributed by atoms with Gasteiger partial charge in [-0.25, -0.2) is 0 Å². The number of rotatable bonds is 2. The van der Waals surface area contributed by atoms with Crippen molar-refractivity contribution in [2.24, 2.45) is 0 Å². The number of nitrogens with zero attached hydrogens (tertiary/aromatic N) is 2. The SMILES string of the molecule is CC(C)(C)c1[c]cc(Cn2cccn2)cc1. The topological polar surface area (TPSA) is 17.8 Å². The summed E-state index contributed by atoms with van der Waals surface area (Å²) in [6.07, 6.45) is 3.77. The molecule has 0 aliphatic heterocycles. The van der Waals surface area contributed by atoms with E-state index in [-0.39, 0.29) is 5.41 Å². The van der Waals surface area contributed by atoms with Crippen molar-refractivity contribution in [3.8, 4) is 0 Å². The van der Waals surface area contributed by atoms with Crippen molar-refractivity contribution in [1.82, 2.24) is 9.78 Å². The lowest BCUT2D eigenvalue weighted by Crippen LogP contribution is -2.11. The predicted octanol–water partition coefficient (Wildman–Crippen LogP) is 3.03. The largest absolute Gasteiger partial charge is 0.268 e. The van der Waals surface area contributed by atoms with Gasteiger partial charge >= 0.3 is 0 Å². The van der Waals surface area contributed by atoms with Gasteiger partial charge < -0.3 is 0 Å². The number of benzene rings is 1. The molecule has 2 rings (SSSR count). The third-order valence-electron chi connectivity index (χ3n) is 2.59. The highest BCUT2D eigenvalue weighted by atomic mass is 15.3. The molecule has 83 valence electrons. The van der Waals surface area contributed by atoms with E-state index in [4.69, 9.17) is 0 Å². The minimum absolute atomic E-state index is 0.171. The second-order valence-electron chi connectivity index (χ2n) is 5.06. The molecule has 0 aliphatic rings. The summed E-state index contributed by atoms with van der Waals surface area (Å²) in [5.74, 6) is 0. The zero-order valence-electron chi connectivity index (χ0n) is 10.1. The zero-order chi connectivity index (χ0) is 11.6. The van der Waals surface area contributed by atoms with Crippen molar-refractivity contribution in [2.75, 3.05) is 0 Å². The van der Waals surface area contributed by atoms with Gasteiger partial charge in [0.1, 0.15) is 0 Å². The van der Waals surface area contributed by atoms with E-state index in [9.17, 15) is 0 Å². The van der Waals surface area contributed by atoms with Crippen LogP contribution in [0.2, 0.25) is 0 Å². The summed E-state index contributed by atoms with van der Waals surface area (Å²) < 4.78 is 1.92. The molecule has 0 atom stereocenters. The quantitative estimate of drug-likeness (QED) is 0.749. The van der Waals surface area contributed by atoms with Gasteiger partial charge in [-0.05, 0) is 34.7 Å². The first kappa shape index (κ1) is 10.9. The molecule has 0 saturated carbocycles. The normalized spacial score (nSPS) is 11.7. The van der Waals surface area contributed by atoms with Crippen LogP contribution in [-0.2, 0) is 12.0 Å². The third kappa shape index (κ3) is 2.51. The molecule has 0 fully saturated rings. The first-order chi connectivity index (χ1) is 7.55. The molecule has 0 aliphatic carbocycles. The zero-order valence-corrected chi connectivity index (χ0v) is 10.1. The van der Waals surface area contributed by atoms with E-state index in [0.29, 0.717) is 0 Å².